The Hall–Kier alpha value is -2.66. The van der Waals surface area contributed by atoms with Crippen molar-refractivity contribution in [2.24, 2.45) is 0 Å². The number of aryl methyl sites for hydroxylation is 1. The third-order valence-corrected chi connectivity index (χ3v) is 4.62. The Kier molecular flexibility index (Phi) is 6.24. The van der Waals surface area contributed by atoms with Crippen LogP contribution in [0.1, 0.15) is 36.7 Å². The van der Waals surface area contributed by atoms with Crippen LogP contribution in [0.4, 0.5) is 0 Å². The van der Waals surface area contributed by atoms with Crippen molar-refractivity contribution in [2.45, 2.75) is 45.8 Å². The van der Waals surface area contributed by atoms with Gasteiger partial charge in [0.1, 0.15) is 5.82 Å². The molecule has 3 rings (SSSR count). The standard InChI is InChI=1S/C22H27N3O2/c1-16-6-5-7-18(14-16)15-25-20-9-4-3-8-19(20)24-21(25)12-13-23-22(27)11-10-17(2)26/h3-9,14,17,26H,10-13,15H2,1-2H3,(H,23,27). The number of imidazole rings is 1. The molecule has 1 amide bonds. The van der Waals surface area contributed by atoms with Crippen LogP contribution in [0.15, 0.2) is 48.5 Å². The van der Waals surface area contributed by atoms with E-state index in [1.807, 2.05) is 18.2 Å². The van der Waals surface area contributed by atoms with E-state index in [-0.39, 0.29) is 5.91 Å². The normalized spacial score (nSPS) is 12.3. The molecule has 5 heteroatoms. The van der Waals surface area contributed by atoms with Crippen LogP contribution in [0, 0.1) is 6.92 Å². The lowest BCUT2D eigenvalue weighted by molar-refractivity contribution is -0.121. The van der Waals surface area contributed by atoms with Crippen LogP contribution in [-0.4, -0.2) is 33.2 Å². The molecule has 0 saturated heterocycles. The molecule has 2 N–H and O–H groups in total. The van der Waals surface area contributed by atoms with E-state index < -0.39 is 6.10 Å². The van der Waals surface area contributed by atoms with Gasteiger partial charge in [-0.25, -0.2) is 4.98 Å². The number of nitrogens with zero attached hydrogens (tertiary/aromatic N) is 2. The molecule has 3 aromatic rings. The number of aromatic nitrogens is 2. The molecule has 5 nitrogen and oxygen atoms in total. The van der Waals surface area contributed by atoms with Gasteiger partial charge in [-0.15, -0.1) is 0 Å². The van der Waals surface area contributed by atoms with Crippen molar-refractivity contribution in [3.8, 4) is 0 Å². The van der Waals surface area contributed by atoms with Crippen molar-refractivity contribution in [3.63, 3.8) is 0 Å². The van der Waals surface area contributed by atoms with Gasteiger partial charge in [-0.2, -0.15) is 0 Å². The number of rotatable bonds is 8. The van der Waals surface area contributed by atoms with Crippen molar-refractivity contribution < 1.29 is 9.90 Å². The number of aliphatic hydroxyl groups is 1. The molecule has 27 heavy (non-hydrogen) atoms. The molecule has 142 valence electrons. The summed E-state index contributed by atoms with van der Waals surface area (Å²) in [4.78, 5) is 16.6. The van der Waals surface area contributed by atoms with Crippen LogP contribution in [0.25, 0.3) is 11.0 Å². The van der Waals surface area contributed by atoms with Crippen LogP contribution in [0.5, 0.6) is 0 Å². The number of fused-ring (bicyclic) bond motifs is 1. The minimum Gasteiger partial charge on any atom is -0.393 e. The summed E-state index contributed by atoms with van der Waals surface area (Å²) < 4.78 is 2.23. The van der Waals surface area contributed by atoms with Gasteiger partial charge in [0.2, 0.25) is 5.91 Å². The van der Waals surface area contributed by atoms with Gasteiger partial charge < -0.3 is 15.0 Å². The second-order valence-corrected chi connectivity index (χ2v) is 7.08. The topological polar surface area (TPSA) is 67.2 Å². The summed E-state index contributed by atoms with van der Waals surface area (Å²) >= 11 is 0. The molecule has 0 aliphatic carbocycles. The van der Waals surface area contributed by atoms with E-state index in [9.17, 15) is 9.90 Å². The first-order valence-electron chi connectivity index (χ1n) is 9.47. The first-order chi connectivity index (χ1) is 13.0. The van der Waals surface area contributed by atoms with E-state index in [2.05, 4.69) is 47.1 Å². The van der Waals surface area contributed by atoms with Gasteiger partial charge in [-0.1, -0.05) is 42.0 Å². The monoisotopic (exact) mass is 365 g/mol. The molecule has 0 spiro atoms. The molecule has 1 heterocycles. The maximum absolute atomic E-state index is 11.9. The van der Waals surface area contributed by atoms with Crippen LogP contribution in [-0.2, 0) is 17.8 Å². The summed E-state index contributed by atoms with van der Waals surface area (Å²) in [5.74, 6) is 0.936. The molecule has 1 atom stereocenters. The SMILES string of the molecule is Cc1cccc(Cn2c(CCNC(=O)CCC(C)O)nc3ccccc32)c1. The Balaban J connectivity index is 1.73. The fraction of sp³-hybridized carbons (Fsp3) is 0.364. The first-order valence-corrected chi connectivity index (χ1v) is 9.47. The highest BCUT2D eigenvalue weighted by atomic mass is 16.3. The molecule has 0 aliphatic rings. The number of hydrogen-bond acceptors (Lipinski definition) is 3. The first kappa shape index (κ1) is 19.1. The van der Waals surface area contributed by atoms with E-state index in [0.29, 0.717) is 25.8 Å². The fourth-order valence-electron chi connectivity index (χ4n) is 3.23. The van der Waals surface area contributed by atoms with Gasteiger partial charge in [0.15, 0.2) is 0 Å². The number of carbonyl (C=O) groups is 1. The predicted molar refractivity (Wildman–Crippen MR) is 108 cm³/mol. The van der Waals surface area contributed by atoms with Gasteiger partial charge >= 0.3 is 0 Å². The lowest BCUT2D eigenvalue weighted by Crippen LogP contribution is -2.27. The van der Waals surface area contributed by atoms with Crippen molar-refractivity contribution >= 4 is 16.9 Å². The second kappa shape index (κ2) is 8.82. The quantitative estimate of drug-likeness (QED) is 0.644. The number of carbonyl (C=O) groups excluding carboxylic acids is 1. The molecule has 1 aromatic heterocycles. The Bertz CT molecular complexity index is 915. The number of aliphatic hydroxyl groups excluding tert-OH is 1. The van der Waals surface area contributed by atoms with E-state index in [1.165, 1.54) is 11.1 Å². The highest BCUT2D eigenvalue weighted by molar-refractivity contribution is 5.76. The third-order valence-electron chi connectivity index (χ3n) is 4.62. The molecule has 2 aromatic carbocycles. The lowest BCUT2D eigenvalue weighted by atomic mass is 10.1. The highest BCUT2D eigenvalue weighted by Crippen LogP contribution is 2.18. The second-order valence-electron chi connectivity index (χ2n) is 7.08. The van der Waals surface area contributed by atoms with Gasteiger partial charge in [-0.05, 0) is 38.0 Å². The molecule has 0 fully saturated rings. The van der Waals surface area contributed by atoms with E-state index >= 15 is 0 Å². The van der Waals surface area contributed by atoms with E-state index in [1.54, 1.807) is 6.92 Å². The van der Waals surface area contributed by atoms with Gasteiger partial charge in [0, 0.05) is 25.9 Å². The largest absolute Gasteiger partial charge is 0.393 e. The minimum atomic E-state index is -0.450. The van der Waals surface area contributed by atoms with Crippen LogP contribution in [0.2, 0.25) is 0 Å². The number of amides is 1. The van der Waals surface area contributed by atoms with E-state index in [0.717, 1.165) is 23.4 Å². The Morgan fingerprint density at radius 1 is 1.22 bits per heavy atom. The van der Waals surface area contributed by atoms with Crippen LogP contribution in [0.3, 0.4) is 0 Å². The number of hydrogen-bond donors (Lipinski definition) is 2. The number of nitrogens with one attached hydrogen (secondary N) is 1. The highest BCUT2D eigenvalue weighted by Gasteiger charge is 2.12. The predicted octanol–water partition coefficient (Wildman–Crippen LogP) is 3.21. The summed E-state index contributed by atoms with van der Waals surface area (Å²) in [6.45, 7) is 5.09. The van der Waals surface area contributed by atoms with Crippen molar-refractivity contribution in [1.82, 2.24) is 14.9 Å². The Morgan fingerprint density at radius 3 is 2.81 bits per heavy atom. The Morgan fingerprint density at radius 2 is 2.04 bits per heavy atom. The summed E-state index contributed by atoms with van der Waals surface area (Å²) in [7, 11) is 0. The van der Waals surface area contributed by atoms with E-state index in [4.69, 9.17) is 4.98 Å². The number of para-hydroxylation sites is 2. The van der Waals surface area contributed by atoms with Crippen molar-refractivity contribution in [2.75, 3.05) is 6.54 Å². The van der Waals surface area contributed by atoms with Crippen LogP contribution >= 0.6 is 0 Å². The average molecular weight is 365 g/mol. The molecule has 0 bridgehead atoms. The van der Waals surface area contributed by atoms with Gasteiger partial charge in [0.25, 0.3) is 0 Å². The van der Waals surface area contributed by atoms with Gasteiger partial charge in [0.05, 0.1) is 17.1 Å². The maximum atomic E-state index is 11.9. The minimum absolute atomic E-state index is 0.0303. The summed E-state index contributed by atoms with van der Waals surface area (Å²) in [5, 5.41) is 12.2. The zero-order valence-corrected chi connectivity index (χ0v) is 16.0. The average Bonchev–Trinajstić information content (AvgIpc) is 2.98. The number of benzene rings is 2. The molecule has 0 saturated carbocycles. The third kappa shape index (κ3) is 5.17. The molecular weight excluding hydrogens is 338 g/mol. The van der Waals surface area contributed by atoms with Crippen LogP contribution < -0.4 is 5.32 Å². The summed E-state index contributed by atoms with van der Waals surface area (Å²) in [6.07, 6.45) is 1.05. The smallest absolute Gasteiger partial charge is 0.220 e. The molecule has 1 unspecified atom stereocenters. The Labute approximate surface area is 160 Å². The summed E-state index contributed by atoms with van der Waals surface area (Å²) in [5.41, 5.74) is 4.55. The maximum Gasteiger partial charge on any atom is 0.220 e. The fourth-order valence-corrected chi connectivity index (χ4v) is 3.23. The zero-order valence-electron chi connectivity index (χ0n) is 16.0. The molecule has 0 aliphatic heterocycles. The molecular formula is C22H27N3O2. The molecule has 0 radical (unpaired) electrons. The van der Waals surface area contributed by atoms with Crippen molar-refractivity contribution in [1.29, 1.82) is 0 Å². The summed E-state index contributed by atoms with van der Waals surface area (Å²) in [6, 6.07) is 16.6. The van der Waals surface area contributed by atoms with Gasteiger partial charge in [-0.3, -0.25) is 4.79 Å². The zero-order chi connectivity index (χ0) is 19.2. The van der Waals surface area contributed by atoms with Crippen molar-refractivity contribution in [3.05, 3.63) is 65.5 Å². The lowest BCUT2D eigenvalue weighted by Gasteiger charge is -2.11.